The lowest BCUT2D eigenvalue weighted by Crippen LogP contribution is -2.52. The van der Waals surface area contributed by atoms with Gasteiger partial charge in [-0.05, 0) is 31.0 Å². The fourth-order valence-corrected chi connectivity index (χ4v) is 2.75. The minimum Gasteiger partial charge on any atom is -0.495 e. The molecule has 0 saturated carbocycles. The quantitative estimate of drug-likeness (QED) is 0.925. The first kappa shape index (κ1) is 15.1. The number of ether oxygens (including phenoxy) is 1. The Bertz CT molecular complexity index is 479. The van der Waals surface area contributed by atoms with Crippen LogP contribution in [0.25, 0.3) is 0 Å². The Kier molecular flexibility index (Phi) is 5.26. The van der Waals surface area contributed by atoms with Crippen LogP contribution in [-0.2, 0) is 11.2 Å². The van der Waals surface area contributed by atoms with Crippen LogP contribution >= 0.6 is 11.6 Å². The topological polar surface area (TPSA) is 41.6 Å². The predicted molar refractivity (Wildman–Crippen MR) is 80.4 cm³/mol. The first-order chi connectivity index (χ1) is 9.61. The normalized spacial score (nSPS) is 18.9. The molecule has 0 aromatic heterocycles. The Morgan fingerprint density at radius 1 is 1.55 bits per heavy atom. The third-order valence-corrected chi connectivity index (χ3v) is 3.96. The highest BCUT2D eigenvalue weighted by Crippen LogP contribution is 2.25. The number of piperazine rings is 1. The van der Waals surface area contributed by atoms with Crippen LogP contribution < -0.4 is 10.1 Å². The molecule has 4 nitrogen and oxygen atoms in total. The van der Waals surface area contributed by atoms with Crippen LogP contribution in [-0.4, -0.2) is 43.6 Å². The Balaban J connectivity index is 1.91. The SMILES string of the molecule is COc1ccc(CCC(=O)N2CCNC[C@H]2C)cc1Cl. The minimum atomic E-state index is 0.214. The van der Waals surface area contributed by atoms with E-state index in [-0.39, 0.29) is 11.9 Å². The summed E-state index contributed by atoms with van der Waals surface area (Å²) in [7, 11) is 1.59. The van der Waals surface area contributed by atoms with E-state index in [0.717, 1.165) is 25.2 Å². The van der Waals surface area contributed by atoms with Gasteiger partial charge in [0.15, 0.2) is 0 Å². The monoisotopic (exact) mass is 296 g/mol. The molecule has 1 aromatic carbocycles. The van der Waals surface area contributed by atoms with Gasteiger partial charge in [-0.2, -0.15) is 0 Å². The lowest BCUT2D eigenvalue weighted by Gasteiger charge is -2.34. The van der Waals surface area contributed by atoms with Gasteiger partial charge in [0.2, 0.25) is 5.91 Å². The molecule has 110 valence electrons. The highest BCUT2D eigenvalue weighted by atomic mass is 35.5. The summed E-state index contributed by atoms with van der Waals surface area (Å²) < 4.78 is 5.12. The fraction of sp³-hybridized carbons (Fsp3) is 0.533. The summed E-state index contributed by atoms with van der Waals surface area (Å²) in [6, 6.07) is 5.94. The molecule has 0 aliphatic carbocycles. The summed E-state index contributed by atoms with van der Waals surface area (Å²) in [6.45, 7) is 4.63. The first-order valence-electron chi connectivity index (χ1n) is 6.94. The van der Waals surface area contributed by atoms with E-state index in [0.29, 0.717) is 23.6 Å². The minimum absolute atomic E-state index is 0.214. The lowest BCUT2D eigenvalue weighted by atomic mass is 10.1. The molecule has 1 saturated heterocycles. The Hall–Kier alpha value is -1.26. The van der Waals surface area contributed by atoms with E-state index in [1.165, 1.54) is 0 Å². The number of carbonyl (C=O) groups excluding carboxylic acids is 1. The maximum atomic E-state index is 12.2. The molecule has 0 bridgehead atoms. The third-order valence-electron chi connectivity index (χ3n) is 3.67. The average molecular weight is 297 g/mol. The van der Waals surface area contributed by atoms with Gasteiger partial charge in [0.25, 0.3) is 0 Å². The molecule has 20 heavy (non-hydrogen) atoms. The van der Waals surface area contributed by atoms with Crippen molar-refractivity contribution in [1.82, 2.24) is 10.2 Å². The highest BCUT2D eigenvalue weighted by Gasteiger charge is 2.22. The highest BCUT2D eigenvalue weighted by molar-refractivity contribution is 6.32. The number of hydrogen-bond donors (Lipinski definition) is 1. The summed E-state index contributed by atoms with van der Waals surface area (Å²) in [6.07, 6.45) is 1.23. The van der Waals surface area contributed by atoms with Crippen LogP contribution in [0.5, 0.6) is 5.75 Å². The number of aryl methyl sites for hydroxylation is 1. The number of carbonyl (C=O) groups is 1. The molecule has 0 unspecified atom stereocenters. The maximum Gasteiger partial charge on any atom is 0.223 e. The smallest absolute Gasteiger partial charge is 0.223 e. The van der Waals surface area contributed by atoms with Crippen molar-refractivity contribution in [2.45, 2.75) is 25.8 Å². The summed E-state index contributed by atoms with van der Waals surface area (Å²) in [5, 5.41) is 3.88. The third kappa shape index (κ3) is 3.64. The van der Waals surface area contributed by atoms with Crippen molar-refractivity contribution in [3.05, 3.63) is 28.8 Å². The first-order valence-corrected chi connectivity index (χ1v) is 7.32. The van der Waals surface area contributed by atoms with Gasteiger partial charge in [0.1, 0.15) is 5.75 Å². The molecule has 1 fully saturated rings. The van der Waals surface area contributed by atoms with Crippen molar-refractivity contribution in [2.24, 2.45) is 0 Å². The molecular weight excluding hydrogens is 276 g/mol. The van der Waals surface area contributed by atoms with Crippen LogP contribution in [0.15, 0.2) is 18.2 Å². The van der Waals surface area contributed by atoms with Crippen molar-refractivity contribution < 1.29 is 9.53 Å². The molecule has 1 N–H and O–H groups in total. The van der Waals surface area contributed by atoms with Gasteiger partial charge in [-0.1, -0.05) is 17.7 Å². The molecule has 1 aliphatic heterocycles. The number of hydrogen-bond acceptors (Lipinski definition) is 3. The fourth-order valence-electron chi connectivity index (χ4n) is 2.47. The van der Waals surface area contributed by atoms with Crippen LogP contribution in [0.3, 0.4) is 0 Å². The molecule has 0 spiro atoms. The lowest BCUT2D eigenvalue weighted by molar-refractivity contribution is -0.133. The van der Waals surface area contributed by atoms with Crippen LogP contribution in [0, 0.1) is 0 Å². The Morgan fingerprint density at radius 3 is 3.00 bits per heavy atom. The van der Waals surface area contributed by atoms with E-state index in [1.54, 1.807) is 7.11 Å². The number of rotatable bonds is 4. The summed E-state index contributed by atoms with van der Waals surface area (Å²) >= 11 is 6.09. The van der Waals surface area contributed by atoms with E-state index in [9.17, 15) is 4.79 Å². The molecule has 1 amide bonds. The van der Waals surface area contributed by atoms with Gasteiger partial charge in [-0.25, -0.2) is 0 Å². The van der Waals surface area contributed by atoms with Crippen molar-refractivity contribution in [3.8, 4) is 5.75 Å². The van der Waals surface area contributed by atoms with Gasteiger partial charge < -0.3 is 15.0 Å². The standard InChI is InChI=1S/C15H21ClN2O2/c1-11-10-17-7-8-18(11)15(19)6-4-12-3-5-14(20-2)13(16)9-12/h3,5,9,11,17H,4,6-8,10H2,1-2H3/t11-/m1/s1. The maximum absolute atomic E-state index is 12.2. The summed E-state index contributed by atoms with van der Waals surface area (Å²) in [5.74, 6) is 0.878. The largest absolute Gasteiger partial charge is 0.495 e. The van der Waals surface area contributed by atoms with Crippen molar-refractivity contribution in [3.63, 3.8) is 0 Å². The Labute approximate surface area is 125 Å². The predicted octanol–water partition coefficient (Wildman–Crippen LogP) is 2.10. The van der Waals surface area contributed by atoms with Gasteiger partial charge in [0.05, 0.1) is 12.1 Å². The van der Waals surface area contributed by atoms with E-state index >= 15 is 0 Å². The van der Waals surface area contributed by atoms with Crippen molar-refractivity contribution in [1.29, 1.82) is 0 Å². The van der Waals surface area contributed by atoms with Crippen LogP contribution in [0.4, 0.5) is 0 Å². The summed E-state index contributed by atoms with van der Waals surface area (Å²) in [5.41, 5.74) is 1.06. The second kappa shape index (κ2) is 6.95. The summed E-state index contributed by atoms with van der Waals surface area (Å²) in [4.78, 5) is 14.2. The molecular formula is C15H21ClN2O2. The molecule has 2 rings (SSSR count). The van der Waals surface area contributed by atoms with E-state index in [1.807, 2.05) is 23.1 Å². The van der Waals surface area contributed by atoms with Crippen molar-refractivity contribution >= 4 is 17.5 Å². The van der Waals surface area contributed by atoms with Gasteiger partial charge in [0, 0.05) is 32.1 Å². The number of benzene rings is 1. The van der Waals surface area contributed by atoms with Gasteiger partial charge in [-0.3, -0.25) is 4.79 Å². The number of methoxy groups -OCH3 is 1. The zero-order chi connectivity index (χ0) is 14.5. The molecule has 0 radical (unpaired) electrons. The molecule has 1 atom stereocenters. The number of nitrogens with one attached hydrogen (secondary N) is 1. The number of amides is 1. The van der Waals surface area contributed by atoms with E-state index in [4.69, 9.17) is 16.3 Å². The zero-order valence-electron chi connectivity index (χ0n) is 12.0. The Morgan fingerprint density at radius 2 is 2.35 bits per heavy atom. The zero-order valence-corrected chi connectivity index (χ0v) is 12.7. The van der Waals surface area contributed by atoms with E-state index < -0.39 is 0 Å². The van der Waals surface area contributed by atoms with Crippen LogP contribution in [0.1, 0.15) is 18.9 Å². The molecule has 1 heterocycles. The van der Waals surface area contributed by atoms with Gasteiger partial charge >= 0.3 is 0 Å². The van der Waals surface area contributed by atoms with E-state index in [2.05, 4.69) is 12.2 Å². The molecule has 1 aliphatic rings. The van der Waals surface area contributed by atoms with Crippen LogP contribution in [0.2, 0.25) is 5.02 Å². The average Bonchev–Trinajstić information content (AvgIpc) is 2.45. The second-order valence-corrected chi connectivity index (χ2v) is 5.52. The van der Waals surface area contributed by atoms with Gasteiger partial charge in [-0.15, -0.1) is 0 Å². The number of nitrogens with zero attached hydrogens (tertiary/aromatic N) is 1. The number of halogens is 1. The van der Waals surface area contributed by atoms with Crippen molar-refractivity contribution in [2.75, 3.05) is 26.7 Å². The molecule has 1 aromatic rings. The molecule has 5 heteroatoms. The second-order valence-electron chi connectivity index (χ2n) is 5.11.